The lowest BCUT2D eigenvalue weighted by Gasteiger charge is -2.14. The van der Waals surface area contributed by atoms with E-state index in [0.717, 1.165) is 28.3 Å². The summed E-state index contributed by atoms with van der Waals surface area (Å²) in [4.78, 5) is 7.91. The second-order valence-corrected chi connectivity index (χ2v) is 7.23. The largest absolute Gasteiger partial charge is 0.403 e. The van der Waals surface area contributed by atoms with Gasteiger partial charge in [-0.1, -0.05) is 65.8 Å². The molecular weight excluding hydrogens is 380 g/mol. The summed E-state index contributed by atoms with van der Waals surface area (Å²) in [6.45, 7) is 16.6. The number of nitrogens with one attached hydrogen (secondary N) is 2. The van der Waals surface area contributed by atoms with E-state index in [1.54, 1.807) is 6.20 Å². The van der Waals surface area contributed by atoms with Gasteiger partial charge in [0, 0.05) is 19.2 Å². The van der Waals surface area contributed by atoms with Crippen LogP contribution < -0.4 is 11.1 Å². The minimum atomic E-state index is 0.394. The number of hydrogen-bond donors (Lipinski definition) is 3. The fourth-order valence-electron chi connectivity index (χ4n) is 3.37. The molecule has 0 unspecified atom stereocenters. The lowest BCUT2D eigenvalue weighted by Crippen LogP contribution is -2.07. The summed E-state index contributed by atoms with van der Waals surface area (Å²) in [5.74, 6) is 1.41. The maximum Gasteiger partial charge on any atom is 0.109 e. The Hall–Kier alpha value is -3.01. The lowest BCUT2D eigenvalue weighted by molar-refractivity contribution is 0.795. The van der Waals surface area contributed by atoms with Crippen LogP contribution in [0, 0.1) is 13.8 Å². The number of aromatic nitrogens is 2. The van der Waals surface area contributed by atoms with Crippen LogP contribution in [0.3, 0.4) is 0 Å². The predicted octanol–water partition coefficient (Wildman–Crippen LogP) is 7.01. The highest BCUT2D eigenvalue weighted by atomic mass is 14.9. The molecule has 31 heavy (non-hydrogen) atoms. The van der Waals surface area contributed by atoms with Crippen LogP contribution in [-0.4, -0.2) is 17.0 Å². The molecule has 0 fully saturated rings. The summed E-state index contributed by atoms with van der Waals surface area (Å²) in [5.41, 5.74) is 14.9. The molecule has 1 heterocycles. The van der Waals surface area contributed by atoms with E-state index >= 15 is 0 Å². The van der Waals surface area contributed by atoms with Crippen LogP contribution in [0.25, 0.3) is 28.1 Å². The molecule has 0 saturated carbocycles. The molecule has 3 aromatic rings. The van der Waals surface area contributed by atoms with Crippen molar-refractivity contribution >= 4 is 5.70 Å². The van der Waals surface area contributed by atoms with Crippen molar-refractivity contribution in [1.82, 2.24) is 15.3 Å². The first-order valence-electron chi connectivity index (χ1n) is 11.3. The first kappa shape index (κ1) is 26.0. The van der Waals surface area contributed by atoms with Gasteiger partial charge in [0.2, 0.25) is 0 Å². The second kappa shape index (κ2) is 12.6. The van der Waals surface area contributed by atoms with Gasteiger partial charge in [-0.3, -0.25) is 0 Å². The Morgan fingerprint density at radius 3 is 2.00 bits per heavy atom. The maximum atomic E-state index is 5.70. The van der Waals surface area contributed by atoms with Gasteiger partial charge < -0.3 is 16.0 Å². The van der Waals surface area contributed by atoms with E-state index in [9.17, 15) is 0 Å². The van der Waals surface area contributed by atoms with Crippen molar-refractivity contribution in [3.8, 4) is 22.4 Å². The number of aryl methyl sites for hydroxylation is 2. The SMILES string of the molecule is CC.CC.CN/C(=C\N)c1ccc(-c2ccc(-c3cnc(C(C)C)[nH]3)cc2C)c(C)c1. The molecular formula is C27H40N4. The average molecular weight is 421 g/mol. The molecule has 0 amide bonds. The Labute approximate surface area is 189 Å². The van der Waals surface area contributed by atoms with Crippen molar-refractivity contribution in [1.29, 1.82) is 0 Å². The van der Waals surface area contributed by atoms with Crippen LogP contribution in [-0.2, 0) is 0 Å². The number of benzene rings is 2. The fraction of sp³-hybridized carbons (Fsp3) is 0.370. The van der Waals surface area contributed by atoms with E-state index in [-0.39, 0.29) is 0 Å². The Morgan fingerprint density at radius 1 is 0.968 bits per heavy atom. The number of imidazole rings is 1. The van der Waals surface area contributed by atoms with Crippen LogP contribution in [0.1, 0.15) is 70.0 Å². The first-order chi connectivity index (χ1) is 14.9. The lowest BCUT2D eigenvalue weighted by atomic mass is 9.93. The molecule has 0 bridgehead atoms. The van der Waals surface area contributed by atoms with Gasteiger partial charge in [0.05, 0.1) is 17.6 Å². The molecule has 4 N–H and O–H groups in total. The van der Waals surface area contributed by atoms with Crippen molar-refractivity contribution in [3.63, 3.8) is 0 Å². The van der Waals surface area contributed by atoms with Crippen LogP contribution in [0.2, 0.25) is 0 Å². The van der Waals surface area contributed by atoms with E-state index in [1.807, 2.05) is 40.9 Å². The monoisotopic (exact) mass is 420 g/mol. The Bertz CT molecular complexity index is 981. The highest BCUT2D eigenvalue weighted by Gasteiger charge is 2.11. The van der Waals surface area contributed by atoms with Gasteiger partial charge in [0.15, 0.2) is 0 Å². The van der Waals surface area contributed by atoms with E-state index in [0.29, 0.717) is 5.92 Å². The van der Waals surface area contributed by atoms with Gasteiger partial charge in [-0.25, -0.2) is 4.98 Å². The quantitative estimate of drug-likeness (QED) is 0.416. The summed E-state index contributed by atoms with van der Waals surface area (Å²) < 4.78 is 0. The van der Waals surface area contributed by atoms with E-state index in [1.165, 1.54) is 22.3 Å². The molecule has 0 saturated heterocycles. The topological polar surface area (TPSA) is 66.7 Å². The van der Waals surface area contributed by atoms with E-state index in [4.69, 9.17) is 5.73 Å². The third-order valence-corrected chi connectivity index (χ3v) is 4.94. The highest BCUT2D eigenvalue weighted by molar-refractivity contribution is 5.76. The van der Waals surface area contributed by atoms with Gasteiger partial charge in [-0.05, 0) is 59.4 Å². The molecule has 0 atom stereocenters. The summed E-state index contributed by atoms with van der Waals surface area (Å²) in [5, 5.41) is 3.13. The summed E-state index contributed by atoms with van der Waals surface area (Å²) in [7, 11) is 1.88. The number of H-pyrrole nitrogens is 1. The molecule has 0 aliphatic rings. The van der Waals surface area contributed by atoms with Crippen LogP contribution in [0.15, 0.2) is 48.8 Å². The van der Waals surface area contributed by atoms with Crippen LogP contribution in [0.5, 0.6) is 0 Å². The Kier molecular flexibility index (Phi) is 10.6. The summed E-state index contributed by atoms with van der Waals surface area (Å²) in [6, 6.07) is 13.0. The van der Waals surface area contributed by atoms with Gasteiger partial charge in [0.1, 0.15) is 5.82 Å². The van der Waals surface area contributed by atoms with Crippen molar-refractivity contribution in [3.05, 3.63) is 71.3 Å². The van der Waals surface area contributed by atoms with Crippen LogP contribution in [0.4, 0.5) is 0 Å². The number of nitrogens with two attached hydrogens (primary N) is 1. The number of aromatic amines is 1. The molecule has 0 aliphatic heterocycles. The Balaban J connectivity index is 0.00000113. The molecule has 4 nitrogen and oxygen atoms in total. The zero-order valence-corrected chi connectivity index (χ0v) is 20.7. The molecule has 3 rings (SSSR count). The third kappa shape index (κ3) is 6.24. The minimum Gasteiger partial charge on any atom is -0.403 e. The molecule has 0 radical (unpaired) electrons. The van der Waals surface area contributed by atoms with Crippen molar-refractivity contribution in [2.75, 3.05) is 7.05 Å². The van der Waals surface area contributed by atoms with Crippen molar-refractivity contribution in [2.24, 2.45) is 5.73 Å². The van der Waals surface area contributed by atoms with Crippen molar-refractivity contribution in [2.45, 2.75) is 61.3 Å². The smallest absolute Gasteiger partial charge is 0.109 e. The standard InChI is InChI=1S/C23H28N4.2C2H6/c1-14(2)23-26-13-22(27-23)18-7-9-20(16(4)11-18)19-8-6-17(10-15(19)3)21(12-24)25-5;2*1-2/h6-14,25H,24H2,1-5H3,(H,26,27);2*1-2H3/b21-12-;;. The summed E-state index contributed by atoms with van der Waals surface area (Å²) in [6.07, 6.45) is 3.52. The minimum absolute atomic E-state index is 0.394. The second-order valence-electron chi connectivity index (χ2n) is 7.23. The molecule has 0 aliphatic carbocycles. The average Bonchev–Trinajstić information content (AvgIpc) is 3.29. The highest BCUT2D eigenvalue weighted by Crippen LogP contribution is 2.31. The number of nitrogens with zero attached hydrogens (tertiary/aromatic N) is 1. The molecule has 1 aromatic heterocycles. The molecule has 168 valence electrons. The number of hydrogen-bond acceptors (Lipinski definition) is 3. The van der Waals surface area contributed by atoms with Gasteiger partial charge >= 0.3 is 0 Å². The predicted molar refractivity (Wildman–Crippen MR) is 137 cm³/mol. The third-order valence-electron chi connectivity index (χ3n) is 4.94. The first-order valence-corrected chi connectivity index (χ1v) is 11.3. The molecule has 2 aromatic carbocycles. The molecule has 4 heteroatoms. The van der Waals surface area contributed by atoms with Gasteiger partial charge in [0.25, 0.3) is 0 Å². The Morgan fingerprint density at radius 2 is 1.55 bits per heavy atom. The fourth-order valence-corrected chi connectivity index (χ4v) is 3.37. The number of rotatable bonds is 5. The zero-order valence-electron chi connectivity index (χ0n) is 20.7. The van der Waals surface area contributed by atoms with Crippen molar-refractivity contribution < 1.29 is 0 Å². The summed E-state index contributed by atoms with van der Waals surface area (Å²) >= 11 is 0. The molecule has 0 spiro atoms. The zero-order chi connectivity index (χ0) is 23.6. The van der Waals surface area contributed by atoms with Gasteiger partial charge in [-0.2, -0.15) is 0 Å². The van der Waals surface area contributed by atoms with Gasteiger partial charge in [-0.15, -0.1) is 0 Å². The maximum absolute atomic E-state index is 5.70. The van der Waals surface area contributed by atoms with Crippen LogP contribution >= 0.6 is 0 Å². The van der Waals surface area contributed by atoms with E-state index < -0.39 is 0 Å². The van der Waals surface area contributed by atoms with E-state index in [2.05, 4.69) is 79.4 Å². The normalized spacial score (nSPS) is 10.7.